The van der Waals surface area contributed by atoms with Crippen LogP contribution in [0.3, 0.4) is 0 Å². The van der Waals surface area contributed by atoms with Crippen molar-refractivity contribution in [1.82, 2.24) is 9.03 Å². The van der Waals surface area contributed by atoms with E-state index in [4.69, 9.17) is 18.3 Å². The van der Waals surface area contributed by atoms with E-state index in [1.54, 1.807) is 0 Å². The first kappa shape index (κ1) is 38.6. The van der Waals surface area contributed by atoms with Gasteiger partial charge in [0.2, 0.25) is 0 Å². The van der Waals surface area contributed by atoms with Gasteiger partial charge in [0, 0.05) is 6.54 Å². The molecule has 0 unspecified atom stereocenters. The molecule has 51 heavy (non-hydrogen) atoms. The highest BCUT2D eigenvalue weighted by Gasteiger charge is 2.39. The standard InChI is InChI=1S/C39H47N2O8PS/c42-39(46-28-16-14-19-33-17-5-1-6-18-33)38-26-13-15-27-41(38)51(44,45)40-37(29-34-20-7-2-8-21-34)32-49-50(43,47-30-35-22-9-3-10-23-35)48-31-36-24-11-4-12-25-36/h1-12,17-18,20-25,37-38,40H,13-16,19,26-32H2/t37-,38+/m1/s1. The van der Waals surface area contributed by atoms with E-state index in [9.17, 15) is 17.8 Å². The Balaban J connectivity index is 1.25. The van der Waals surface area contributed by atoms with Crippen molar-refractivity contribution in [3.8, 4) is 0 Å². The highest BCUT2D eigenvalue weighted by atomic mass is 32.2. The third kappa shape index (κ3) is 12.8. The number of carbonyl (C=O) groups is 1. The summed E-state index contributed by atoms with van der Waals surface area (Å²) in [5.41, 5.74) is 3.59. The van der Waals surface area contributed by atoms with Gasteiger partial charge in [0.15, 0.2) is 0 Å². The summed E-state index contributed by atoms with van der Waals surface area (Å²) < 4.78 is 69.0. The third-order valence-electron chi connectivity index (χ3n) is 8.52. The fourth-order valence-electron chi connectivity index (χ4n) is 5.83. The number of rotatable bonds is 20. The van der Waals surface area contributed by atoms with Crippen LogP contribution in [0.5, 0.6) is 0 Å². The van der Waals surface area contributed by atoms with Crippen molar-refractivity contribution in [2.75, 3.05) is 19.8 Å². The second-order valence-corrected chi connectivity index (χ2v) is 15.8. The number of ether oxygens (including phenoxy) is 1. The van der Waals surface area contributed by atoms with Gasteiger partial charge in [-0.1, -0.05) is 121 Å². The van der Waals surface area contributed by atoms with Crippen LogP contribution in [0.2, 0.25) is 0 Å². The largest absolute Gasteiger partial charge is 0.475 e. The van der Waals surface area contributed by atoms with E-state index in [-0.39, 0.29) is 39.4 Å². The SMILES string of the molecule is O=C(OCCCCc1ccccc1)[C@@H]1CCCCN1S(=O)(=O)N[C@@H](COP(=O)(OCc1ccccc1)OCc1ccccc1)Cc1ccccc1. The smallest absolute Gasteiger partial charge is 0.464 e. The Kier molecular flexibility index (Phi) is 15.0. The van der Waals surface area contributed by atoms with Crippen LogP contribution in [0.15, 0.2) is 121 Å². The molecule has 272 valence electrons. The first-order valence-corrected chi connectivity index (χ1v) is 20.3. The zero-order valence-corrected chi connectivity index (χ0v) is 30.5. The normalized spacial score (nSPS) is 16.0. The predicted octanol–water partition coefficient (Wildman–Crippen LogP) is 7.41. The van der Waals surface area contributed by atoms with E-state index in [0.717, 1.165) is 29.5 Å². The molecule has 12 heteroatoms. The lowest BCUT2D eigenvalue weighted by atomic mass is 10.1. The molecule has 1 fully saturated rings. The molecule has 1 N–H and O–H groups in total. The second-order valence-electron chi connectivity index (χ2n) is 12.5. The van der Waals surface area contributed by atoms with Gasteiger partial charge < -0.3 is 4.74 Å². The van der Waals surface area contributed by atoms with Gasteiger partial charge in [0.1, 0.15) is 6.04 Å². The van der Waals surface area contributed by atoms with Gasteiger partial charge in [-0.15, -0.1) is 0 Å². The minimum atomic E-state index is -4.22. The lowest BCUT2D eigenvalue weighted by molar-refractivity contribution is -0.149. The maximum atomic E-state index is 14.0. The van der Waals surface area contributed by atoms with Crippen LogP contribution in [-0.4, -0.2) is 50.5 Å². The Bertz CT molecular complexity index is 1720. The minimum Gasteiger partial charge on any atom is -0.464 e. The predicted molar refractivity (Wildman–Crippen MR) is 197 cm³/mol. The number of phosphoric acid groups is 1. The summed E-state index contributed by atoms with van der Waals surface area (Å²) in [6.45, 7) is -0.00688. The fourth-order valence-corrected chi connectivity index (χ4v) is 8.64. The van der Waals surface area contributed by atoms with Crippen LogP contribution >= 0.6 is 7.82 Å². The average Bonchev–Trinajstić information content (AvgIpc) is 3.17. The maximum Gasteiger partial charge on any atom is 0.475 e. The number of hydrogen-bond donors (Lipinski definition) is 1. The zero-order chi connectivity index (χ0) is 35.8. The van der Waals surface area contributed by atoms with Crippen LogP contribution in [0.25, 0.3) is 0 Å². The minimum absolute atomic E-state index is 0.0359. The zero-order valence-electron chi connectivity index (χ0n) is 28.8. The van der Waals surface area contributed by atoms with Gasteiger partial charge >= 0.3 is 13.8 Å². The first-order valence-electron chi connectivity index (χ1n) is 17.4. The molecule has 0 bridgehead atoms. The molecule has 0 aromatic heterocycles. The summed E-state index contributed by atoms with van der Waals surface area (Å²) in [5, 5.41) is 0. The lowest BCUT2D eigenvalue weighted by Gasteiger charge is -2.34. The Labute approximate surface area is 301 Å². The van der Waals surface area contributed by atoms with Crippen LogP contribution < -0.4 is 4.72 Å². The van der Waals surface area contributed by atoms with Crippen molar-refractivity contribution in [1.29, 1.82) is 0 Å². The van der Waals surface area contributed by atoms with Crippen molar-refractivity contribution < 1.29 is 36.1 Å². The van der Waals surface area contributed by atoms with Gasteiger partial charge in [-0.25, -0.2) is 4.57 Å². The summed E-state index contributed by atoms with van der Waals surface area (Å²) in [7, 11) is -8.41. The number of nitrogens with one attached hydrogen (secondary N) is 1. The van der Waals surface area contributed by atoms with E-state index < -0.39 is 36.1 Å². The molecule has 1 aliphatic rings. The molecule has 10 nitrogen and oxygen atoms in total. The Hall–Kier alpha value is -3.67. The summed E-state index contributed by atoms with van der Waals surface area (Å²) >= 11 is 0. The quantitative estimate of drug-likeness (QED) is 0.0567. The number of aryl methyl sites for hydroxylation is 1. The van der Waals surface area contributed by atoms with E-state index in [2.05, 4.69) is 16.9 Å². The van der Waals surface area contributed by atoms with Crippen molar-refractivity contribution in [3.63, 3.8) is 0 Å². The molecular weight excluding hydrogens is 687 g/mol. The molecule has 2 atom stereocenters. The molecule has 1 saturated heterocycles. The third-order valence-corrected chi connectivity index (χ3v) is 11.6. The van der Waals surface area contributed by atoms with Crippen LogP contribution in [0, 0.1) is 0 Å². The topological polar surface area (TPSA) is 120 Å². The molecule has 5 rings (SSSR count). The fraction of sp³-hybridized carbons (Fsp3) is 0.359. The summed E-state index contributed by atoms with van der Waals surface area (Å²) in [6.07, 6.45) is 4.29. The van der Waals surface area contributed by atoms with E-state index in [0.29, 0.717) is 25.7 Å². The van der Waals surface area contributed by atoms with Gasteiger partial charge in [0.25, 0.3) is 10.2 Å². The van der Waals surface area contributed by atoms with Crippen molar-refractivity contribution in [3.05, 3.63) is 144 Å². The summed E-state index contributed by atoms with van der Waals surface area (Å²) in [4.78, 5) is 13.2. The molecule has 0 amide bonds. The second kappa shape index (κ2) is 19.8. The van der Waals surface area contributed by atoms with Crippen molar-refractivity contribution in [2.45, 2.75) is 70.2 Å². The molecule has 4 aromatic rings. The van der Waals surface area contributed by atoms with Gasteiger partial charge in [-0.2, -0.15) is 17.4 Å². The molecule has 1 heterocycles. The number of esters is 1. The highest BCUT2D eigenvalue weighted by molar-refractivity contribution is 7.87. The number of phosphoric ester groups is 1. The number of nitrogens with zero attached hydrogens (tertiary/aromatic N) is 1. The summed E-state index contributed by atoms with van der Waals surface area (Å²) in [6, 6.07) is 36.0. The number of benzene rings is 4. The molecule has 1 aliphatic heterocycles. The molecule has 0 radical (unpaired) electrons. The molecule has 0 spiro atoms. The first-order chi connectivity index (χ1) is 24.8. The Morgan fingerprint density at radius 2 is 1.25 bits per heavy atom. The van der Waals surface area contributed by atoms with Crippen molar-refractivity contribution >= 4 is 24.0 Å². The van der Waals surface area contributed by atoms with Gasteiger partial charge in [-0.05, 0) is 67.2 Å². The number of hydrogen-bond acceptors (Lipinski definition) is 8. The lowest BCUT2D eigenvalue weighted by Crippen LogP contribution is -2.55. The highest BCUT2D eigenvalue weighted by Crippen LogP contribution is 2.51. The van der Waals surface area contributed by atoms with E-state index >= 15 is 0 Å². The molecular formula is C39H47N2O8PS. The molecule has 0 aliphatic carbocycles. The maximum absolute atomic E-state index is 14.0. The number of piperidine rings is 1. The summed E-state index contributed by atoms with van der Waals surface area (Å²) in [5.74, 6) is -0.552. The van der Waals surface area contributed by atoms with Gasteiger partial charge in [-0.3, -0.25) is 18.4 Å². The number of unbranched alkanes of at least 4 members (excludes halogenated alkanes) is 1. The average molecular weight is 735 g/mol. The van der Waals surface area contributed by atoms with Crippen molar-refractivity contribution in [2.24, 2.45) is 0 Å². The van der Waals surface area contributed by atoms with Crippen LogP contribution in [0.1, 0.15) is 54.4 Å². The number of carbonyl (C=O) groups excluding carboxylic acids is 1. The van der Waals surface area contributed by atoms with Gasteiger partial charge in [0.05, 0.1) is 32.5 Å². The Morgan fingerprint density at radius 1 is 0.725 bits per heavy atom. The monoisotopic (exact) mass is 734 g/mol. The Morgan fingerprint density at radius 3 is 1.82 bits per heavy atom. The molecule has 0 saturated carbocycles. The van der Waals surface area contributed by atoms with E-state index in [1.807, 2.05) is 109 Å². The van der Waals surface area contributed by atoms with E-state index in [1.165, 1.54) is 9.87 Å². The molecule has 4 aromatic carbocycles. The van der Waals surface area contributed by atoms with Crippen LogP contribution in [0.4, 0.5) is 0 Å². The van der Waals surface area contributed by atoms with Crippen LogP contribution in [-0.2, 0) is 63.9 Å².